The fourth-order valence-corrected chi connectivity index (χ4v) is 8.66. The van der Waals surface area contributed by atoms with Crippen LogP contribution in [0.5, 0.6) is 0 Å². The molecule has 0 heterocycles. The highest BCUT2D eigenvalue weighted by atomic mass is 33.1. The first-order chi connectivity index (χ1) is 5.79. The summed E-state index contributed by atoms with van der Waals surface area (Å²) in [4.78, 5) is 0. The van der Waals surface area contributed by atoms with E-state index >= 15 is 0 Å². The lowest BCUT2D eigenvalue weighted by molar-refractivity contribution is 0.520. The van der Waals surface area contributed by atoms with Gasteiger partial charge in [-0.1, -0.05) is 27.7 Å². The molecular weight excluding hydrogens is 205 g/mol. The van der Waals surface area contributed by atoms with E-state index in [9.17, 15) is 0 Å². The standard InChI is InChI=1S/C8H20NPS2/c1-5-9(6-2)10(11-7-3)12-8-4/h5-8H2,1-4H3. The topological polar surface area (TPSA) is 3.24 Å². The maximum Gasteiger partial charge on any atom is 0.0874 e. The first-order valence-electron chi connectivity index (χ1n) is 4.60. The molecule has 0 N–H and O–H groups in total. The van der Waals surface area contributed by atoms with E-state index in [1.54, 1.807) is 0 Å². The lowest BCUT2D eigenvalue weighted by atomic mass is 10.7. The van der Waals surface area contributed by atoms with Crippen molar-refractivity contribution in [2.24, 2.45) is 0 Å². The molecular formula is C8H20NPS2. The predicted molar refractivity (Wildman–Crippen MR) is 66.1 cm³/mol. The molecule has 12 heavy (non-hydrogen) atoms. The molecule has 0 aromatic heterocycles. The summed E-state index contributed by atoms with van der Waals surface area (Å²) in [6.07, 6.45) is 0. The van der Waals surface area contributed by atoms with Crippen LogP contribution >= 0.6 is 29.2 Å². The van der Waals surface area contributed by atoms with E-state index in [-0.39, 0.29) is 6.48 Å². The maximum absolute atomic E-state index is 2.58. The molecule has 0 saturated heterocycles. The molecule has 0 unspecified atom stereocenters. The van der Waals surface area contributed by atoms with Gasteiger partial charge in [-0.05, 0) is 11.5 Å². The SMILES string of the molecule is CCSP(SCC)N(CC)CC. The van der Waals surface area contributed by atoms with E-state index in [2.05, 4.69) is 55.1 Å². The third-order valence-corrected chi connectivity index (χ3v) is 9.58. The van der Waals surface area contributed by atoms with Crippen LogP contribution in [-0.4, -0.2) is 29.3 Å². The van der Waals surface area contributed by atoms with Crippen LogP contribution in [0.2, 0.25) is 0 Å². The van der Waals surface area contributed by atoms with Crippen LogP contribution in [0.3, 0.4) is 0 Å². The lowest BCUT2D eigenvalue weighted by Gasteiger charge is -2.27. The maximum atomic E-state index is 2.58. The smallest absolute Gasteiger partial charge is 0.0874 e. The van der Waals surface area contributed by atoms with Crippen molar-refractivity contribution in [1.82, 2.24) is 4.67 Å². The minimum Gasteiger partial charge on any atom is -0.266 e. The van der Waals surface area contributed by atoms with E-state index < -0.39 is 0 Å². The molecule has 0 radical (unpaired) electrons. The van der Waals surface area contributed by atoms with Gasteiger partial charge in [0, 0.05) is 13.1 Å². The van der Waals surface area contributed by atoms with Crippen molar-refractivity contribution in [1.29, 1.82) is 0 Å². The van der Waals surface area contributed by atoms with Crippen molar-refractivity contribution in [2.45, 2.75) is 27.7 Å². The summed E-state index contributed by atoms with van der Waals surface area (Å²) in [7, 11) is 0. The molecule has 0 spiro atoms. The van der Waals surface area contributed by atoms with Crippen LogP contribution in [-0.2, 0) is 0 Å². The predicted octanol–water partition coefficient (Wildman–Crippen LogP) is 4.06. The van der Waals surface area contributed by atoms with Crippen LogP contribution in [0, 0.1) is 0 Å². The van der Waals surface area contributed by atoms with Gasteiger partial charge in [0.1, 0.15) is 0 Å². The van der Waals surface area contributed by atoms with Crippen LogP contribution in [0.4, 0.5) is 0 Å². The van der Waals surface area contributed by atoms with Crippen molar-refractivity contribution >= 4 is 29.2 Å². The summed E-state index contributed by atoms with van der Waals surface area (Å²) in [5.74, 6) is 2.49. The van der Waals surface area contributed by atoms with Gasteiger partial charge in [-0.2, -0.15) is 0 Å². The van der Waals surface area contributed by atoms with Crippen molar-refractivity contribution < 1.29 is 0 Å². The number of hydrogen-bond donors (Lipinski definition) is 0. The average molecular weight is 225 g/mol. The second-order valence-electron chi connectivity index (χ2n) is 2.21. The first kappa shape index (κ1) is 13.1. The van der Waals surface area contributed by atoms with Crippen LogP contribution in [0.15, 0.2) is 0 Å². The molecule has 0 fully saturated rings. The Bertz CT molecular complexity index is 93.1. The van der Waals surface area contributed by atoms with Gasteiger partial charge in [0.2, 0.25) is 0 Å². The quantitative estimate of drug-likeness (QED) is 0.601. The van der Waals surface area contributed by atoms with Gasteiger partial charge < -0.3 is 0 Å². The zero-order chi connectivity index (χ0) is 9.40. The first-order valence-corrected chi connectivity index (χ1v) is 9.08. The summed E-state index contributed by atoms with van der Waals surface area (Å²) in [6.45, 7) is 11.4. The highest BCUT2D eigenvalue weighted by molar-refractivity contribution is 8.87. The van der Waals surface area contributed by atoms with Gasteiger partial charge in [-0.25, -0.2) is 0 Å². The molecule has 0 aliphatic heterocycles. The molecule has 0 aliphatic rings. The molecule has 4 heteroatoms. The Morgan fingerprint density at radius 3 is 1.58 bits per heavy atom. The molecule has 0 aromatic carbocycles. The molecule has 0 atom stereocenters. The molecule has 0 saturated carbocycles. The Labute approximate surface area is 86.4 Å². The highest BCUT2D eigenvalue weighted by Crippen LogP contribution is 2.62. The number of rotatable bonds is 7. The van der Waals surface area contributed by atoms with E-state index in [0.717, 1.165) is 0 Å². The fourth-order valence-electron chi connectivity index (χ4n) is 0.876. The van der Waals surface area contributed by atoms with Gasteiger partial charge in [0.05, 0.1) is 6.48 Å². The van der Waals surface area contributed by atoms with Crippen molar-refractivity contribution in [3.63, 3.8) is 0 Å². The van der Waals surface area contributed by atoms with Crippen molar-refractivity contribution in [3.05, 3.63) is 0 Å². The molecule has 0 aromatic rings. The Morgan fingerprint density at radius 2 is 1.33 bits per heavy atom. The van der Waals surface area contributed by atoms with Gasteiger partial charge >= 0.3 is 0 Å². The second-order valence-corrected chi connectivity index (χ2v) is 9.24. The van der Waals surface area contributed by atoms with E-state index in [4.69, 9.17) is 0 Å². The summed E-state index contributed by atoms with van der Waals surface area (Å²) in [5, 5.41) is 0. The zero-order valence-corrected chi connectivity index (χ0v) is 11.1. The van der Waals surface area contributed by atoms with Crippen molar-refractivity contribution in [3.8, 4) is 0 Å². The minimum atomic E-state index is 0.0422. The van der Waals surface area contributed by atoms with Crippen LogP contribution in [0.1, 0.15) is 27.7 Å². The summed E-state index contributed by atoms with van der Waals surface area (Å²) >= 11 is 4.22. The summed E-state index contributed by atoms with van der Waals surface area (Å²) < 4.78 is 2.58. The molecule has 1 nitrogen and oxygen atoms in total. The van der Waals surface area contributed by atoms with E-state index in [1.165, 1.54) is 24.6 Å². The monoisotopic (exact) mass is 225 g/mol. The Kier molecular flexibility index (Phi) is 9.47. The molecule has 0 rings (SSSR count). The summed E-state index contributed by atoms with van der Waals surface area (Å²) in [5.41, 5.74) is 0. The van der Waals surface area contributed by atoms with Crippen LogP contribution < -0.4 is 0 Å². The highest BCUT2D eigenvalue weighted by Gasteiger charge is 2.14. The fraction of sp³-hybridized carbons (Fsp3) is 1.00. The molecule has 74 valence electrons. The Morgan fingerprint density at radius 1 is 0.917 bits per heavy atom. The van der Waals surface area contributed by atoms with Gasteiger partial charge in [0.25, 0.3) is 0 Å². The number of hydrogen-bond acceptors (Lipinski definition) is 3. The van der Waals surface area contributed by atoms with Crippen LogP contribution in [0.25, 0.3) is 0 Å². The van der Waals surface area contributed by atoms with Gasteiger partial charge in [-0.15, -0.1) is 22.8 Å². The largest absolute Gasteiger partial charge is 0.266 e. The lowest BCUT2D eigenvalue weighted by Crippen LogP contribution is -2.14. The Hall–Kier alpha value is 1.09. The van der Waals surface area contributed by atoms with Gasteiger partial charge in [0.15, 0.2) is 0 Å². The second kappa shape index (κ2) is 8.68. The molecule has 0 aliphatic carbocycles. The molecule has 0 amide bonds. The van der Waals surface area contributed by atoms with Crippen molar-refractivity contribution in [2.75, 3.05) is 24.6 Å². The summed E-state index contributed by atoms with van der Waals surface area (Å²) in [6, 6.07) is 0. The van der Waals surface area contributed by atoms with E-state index in [1.807, 2.05) is 0 Å². The van der Waals surface area contributed by atoms with Gasteiger partial charge in [-0.3, -0.25) is 4.67 Å². The third-order valence-electron chi connectivity index (χ3n) is 1.44. The Balaban J connectivity index is 3.86. The zero-order valence-electron chi connectivity index (χ0n) is 8.54. The third kappa shape index (κ3) is 4.96. The number of nitrogens with zero attached hydrogens (tertiary/aromatic N) is 1. The average Bonchev–Trinajstić information content (AvgIpc) is 2.07. The van der Waals surface area contributed by atoms with E-state index in [0.29, 0.717) is 0 Å². The molecule has 0 bridgehead atoms. The normalized spacial score (nSPS) is 11.5. The minimum absolute atomic E-state index is 0.0422.